The average molecular weight is 182 g/mol. The molecular formula is C9H14N2O2. The highest BCUT2D eigenvalue weighted by molar-refractivity contribution is 6.04. The lowest BCUT2D eigenvalue weighted by Gasteiger charge is -2.13. The summed E-state index contributed by atoms with van der Waals surface area (Å²) in [6, 6.07) is -0.310. The molecule has 1 heterocycles. The van der Waals surface area contributed by atoms with E-state index in [-0.39, 0.29) is 29.9 Å². The molecule has 1 atom stereocenters. The fourth-order valence-corrected chi connectivity index (χ4v) is 1.64. The third kappa shape index (κ3) is 1.30. The SMILES string of the molecule is CC(C)[C@@H]1NC(=O)N(C2CC2)C1=O. The lowest BCUT2D eigenvalue weighted by Crippen LogP contribution is -2.35. The number of rotatable bonds is 2. The van der Waals surface area contributed by atoms with Crippen LogP contribution in [0.4, 0.5) is 4.79 Å². The normalized spacial score (nSPS) is 28.5. The zero-order valence-corrected chi connectivity index (χ0v) is 7.91. The number of carbonyl (C=O) groups is 2. The van der Waals surface area contributed by atoms with E-state index in [1.54, 1.807) is 0 Å². The van der Waals surface area contributed by atoms with Gasteiger partial charge in [-0.3, -0.25) is 9.69 Å². The molecule has 4 heteroatoms. The molecule has 2 aliphatic rings. The summed E-state index contributed by atoms with van der Waals surface area (Å²) < 4.78 is 0. The zero-order valence-electron chi connectivity index (χ0n) is 7.91. The second-order valence-corrected chi connectivity index (χ2v) is 4.11. The smallest absolute Gasteiger partial charge is 0.325 e. The van der Waals surface area contributed by atoms with Gasteiger partial charge in [0, 0.05) is 6.04 Å². The number of nitrogens with one attached hydrogen (secondary N) is 1. The Labute approximate surface area is 77.3 Å². The summed E-state index contributed by atoms with van der Waals surface area (Å²) in [6.07, 6.45) is 1.95. The largest absolute Gasteiger partial charge is 0.326 e. The summed E-state index contributed by atoms with van der Waals surface area (Å²) in [4.78, 5) is 24.4. The monoisotopic (exact) mass is 182 g/mol. The molecule has 2 fully saturated rings. The number of hydrogen-bond acceptors (Lipinski definition) is 2. The van der Waals surface area contributed by atoms with Crippen molar-refractivity contribution in [2.24, 2.45) is 5.92 Å². The van der Waals surface area contributed by atoms with Gasteiger partial charge in [0.2, 0.25) is 0 Å². The van der Waals surface area contributed by atoms with Gasteiger partial charge in [0.15, 0.2) is 0 Å². The zero-order chi connectivity index (χ0) is 9.59. The quantitative estimate of drug-likeness (QED) is 0.640. The van der Waals surface area contributed by atoms with Crippen molar-refractivity contribution >= 4 is 11.9 Å². The van der Waals surface area contributed by atoms with Crippen LogP contribution in [-0.4, -0.2) is 28.9 Å². The topological polar surface area (TPSA) is 49.4 Å². The first-order chi connectivity index (χ1) is 6.11. The van der Waals surface area contributed by atoms with Crippen molar-refractivity contribution in [2.45, 2.75) is 38.8 Å². The predicted octanol–water partition coefficient (Wildman–Crippen LogP) is 0.725. The van der Waals surface area contributed by atoms with Crippen LogP contribution in [-0.2, 0) is 4.79 Å². The van der Waals surface area contributed by atoms with Crippen LogP contribution < -0.4 is 5.32 Å². The minimum Gasteiger partial charge on any atom is -0.326 e. The Balaban J connectivity index is 2.14. The highest BCUT2D eigenvalue weighted by Gasteiger charge is 2.46. The molecule has 0 aromatic heterocycles. The molecule has 1 N–H and O–H groups in total. The maximum atomic E-state index is 11.7. The van der Waals surface area contributed by atoms with E-state index < -0.39 is 0 Å². The minimum absolute atomic E-state index is 0.0394. The molecule has 0 aromatic carbocycles. The Bertz CT molecular complexity index is 258. The number of nitrogens with zero attached hydrogens (tertiary/aromatic N) is 1. The van der Waals surface area contributed by atoms with Crippen LogP contribution in [0.1, 0.15) is 26.7 Å². The Morgan fingerprint density at radius 2 is 2.00 bits per heavy atom. The number of carbonyl (C=O) groups excluding carboxylic acids is 2. The lowest BCUT2D eigenvalue weighted by atomic mass is 10.1. The molecule has 0 radical (unpaired) electrons. The van der Waals surface area contributed by atoms with Gasteiger partial charge in [0.25, 0.3) is 5.91 Å². The number of hydrogen-bond donors (Lipinski definition) is 1. The van der Waals surface area contributed by atoms with E-state index in [2.05, 4.69) is 5.32 Å². The van der Waals surface area contributed by atoms with Gasteiger partial charge >= 0.3 is 6.03 Å². The van der Waals surface area contributed by atoms with Crippen molar-refractivity contribution in [1.29, 1.82) is 0 Å². The van der Waals surface area contributed by atoms with E-state index in [1.165, 1.54) is 4.90 Å². The Kier molecular flexibility index (Phi) is 1.78. The van der Waals surface area contributed by atoms with Gasteiger partial charge in [-0.2, -0.15) is 0 Å². The third-order valence-electron chi connectivity index (χ3n) is 2.58. The second-order valence-electron chi connectivity index (χ2n) is 4.11. The van der Waals surface area contributed by atoms with E-state index in [0.29, 0.717) is 0 Å². The van der Waals surface area contributed by atoms with E-state index in [9.17, 15) is 9.59 Å². The van der Waals surface area contributed by atoms with Gasteiger partial charge in [-0.05, 0) is 18.8 Å². The fourth-order valence-electron chi connectivity index (χ4n) is 1.64. The number of amides is 3. The van der Waals surface area contributed by atoms with E-state index in [0.717, 1.165) is 12.8 Å². The molecule has 0 bridgehead atoms. The molecule has 0 spiro atoms. The van der Waals surface area contributed by atoms with Gasteiger partial charge in [-0.15, -0.1) is 0 Å². The van der Waals surface area contributed by atoms with Crippen LogP contribution in [0.3, 0.4) is 0 Å². The second kappa shape index (κ2) is 2.72. The summed E-state index contributed by atoms with van der Waals surface area (Å²) in [7, 11) is 0. The molecule has 1 saturated heterocycles. The van der Waals surface area contributed by atoms with E-state index in [4.69, 9.17) is 0 Å². The highest BCUT2D eigenvalue weighted by Crippen LogP contribution is 2.30. The molecule has 4 nitrogen and oxygen atoms in total. The van der Waals surface area contributed by atoms with Crippen LogP contribution in [0.15, 0.2) is 0 Å². The maximum Gasteiger partial charge on any atom is 0.325 e. The summed E-state index contributed by atoms with van der Waals surface area (Å²) >= 11 is 0. The van der Waals surface area contributed by atoms with Crippen molar-refractivity contribution in [3.63, 3.8) is 0 Å². The molecule has 0 unspecified atom stereocenters. The summed E-state index contributed by atoms with van der Waals surface area (Å²) in [6.45, 7) is 3.89. The van der Waals surface area contributed by atoms with Gasteiger partial charge in [-0.25, -0.2) is 4.79 Å². The highest BCUT2D eigenvalue weighted by atomic mass is 16.2. The first kappa shape index (κ1) is 8.53. The molecular weight excluding hydrogens is 168 g/mol. The van der Waals surface area contributed by atoms with Gasteiger partial charge in [-0.1, -0.05) is 13.8 Å². The number of imide groups is 1. The van der Waals surface area contributed by atoms with Crippen LogP contribution in [0.5, 0.6) is 0 Å². The Morgan fingerprint density at radius 3 is 2.38 bits per heavy atom. The van der Waals surface area contributed by atoms with Crippen molar-refractivity contribution < 1.29 is 9.59 Å². The number of urea groups is 1. The van der Waals surface area contributed by atoms with Gasteiger partial charge in [0.1, 0.15) is 6.04 Å². The van der Waals surface area contributed by atoms with Crippen LogP contribution in [0.2, 0.25) is 0 Å². The molecule has 72 valence electrons. The van der Waals surface area contributed by atoms with Crippen LogP contribution in [0.25, 0.3) is 0 Å². The molecule has 0 aromatic rings. The molecule has 2 rings (SSSR count). The lowest BCUT2D eigenvalue weighted by molar-refractivity contribution is -0.128. The maximum absolute atomic E-state index is 11.7. The molecule has 3 amide bonds. The summed E-state index contributed by atoms with van der Waals surface area (Å²) in [5.41, 5.74) is 0. The van der Waals surface area contributed by atoms with E-state index in [1.807, 2.05) is 13.8 Å². The standard InChI is InChI=1S/C9H14N2O2/c1-5(2)7-8(12)11(6-3-4-6)9(13)10-7/h5-7H,3-4H2,1-2H3,(H,10,13)/t7-/m0/s1. The molecule has 1 aliphatic heterocycles. The molecule has 1 aliphatic carbocycles. The summed E-state index contributed by atoms with van der Waals surface area (Å²) in [5, 5.41) is 2.71. The first-order valence-electron chi connectivity index (χ1n) is 4.75. The molecule has 1 saturated carbocycles. The van der Waals surface area contributed by atoms with Crippen LogP contribution in [0, 0.1) is 5.92 Å². The Hall–Kier alpha value is -1.06. The first-order valence-corrected chi connectivity index (χ1v) is 4.75. The Morgan fingerprint density at radius 1 is 1.38 bits per heavy atom. The minimum atomic E-state index is -0.298. The van der Waals surface area contributed by atoms with Crippen molar-refractivity contribution in [3.8, 4) is 0 Å². The van der Waals surface area contributed by atoms with Crippen molar-refractivity contribution in [3.05, 3.63) is 0 Å². The fraction of sp³-hybridized carbons (Fsp3) is 0.778. The van der Waals surface area contributed by atoms with Crippen molar-refractivity contribution in [1.82, 2.24) is 10.2 Å². The van der Waals surface area contributed by atoms with Gasteiger partial charge in [0.05, 0.1) is 0 Å². The van der Waals surface area contributed by atoms with Gasteiger partial charge < -0.3 is 5.32 Å². The predicted molar refractivity (Wildman–Crippen MR) is 47.0 cm³/mol. The van der Waals surface area contributed by atoms with Crippen LogP contribution >= 0.6 is 0 Å². The van der Waals surface area contributed by atoms with Crippen molar-refractivity contribution in [2.75, 3.05) is 0 Å². The third-order valence-corrected chi connectivity index (χ3v) is 2.58. The average Bonchev–Trinajstić information content (AvgIpc) is 2.80. The molecule has 13 heavy (non-hydrogen) atoms. The summed E-state index contributed by atoms with van der Waals surface area (Å²) in [5.74, 6) is 0.141. The van der Waals surface area contributed by atoms with E-state index >= 15 is 0 Å².